The average molecular weight is 194 g/mol. The number of Topliss-reactive ketones (excluding diaryl/α,β-unsaturated/α-hetero) is 1. The summed E-state index contributed by atoms with van der Waals surface area (Å²) in [5, 5.41) is 6.68. The molecule has 0 fully saturated rings. The highest BCUT2D eigenvalue weighted by Crippen LogP contribution is 2.05. The van der Waals surface area contributed by atoms with E-state index in [4.69, 9.17) is 9.66 Å². The fourth-order valence-corrected chi connectivity index (χ4v) is 1.25. The molecule has 0 aromatic heterocycles. The molecule has 5 nitrogen and oxygen atoms in total. The average Bonchev–Trinajstić information content (AvgIpc) is 1.85. The van der Waals surface area contributed by atoms with Crippen LogP contribution in [0, 0.1) is 0 Å². The highest BCUT2D eigenvalue weighted by atomic mass is 32.2. The normalized spacial score (nSPS) is 13.9. The molecule has 0 aliphatic carbocycles. The van der Waals surface area contributed by atoms with Gasteiger partial charge in [0.25, 0.3) is 10.1 Å². The van der Waals surface area contributed by atoms with E-state index in [1.54, 1.807) is 0 Å². The number of ketones is 1. The molecule has 0 amide bonds. The Labute approximate surface area is 70.5 Å². The zero-order valence-corrected chi connectivity index (χ0v) is 7.34. The predicted octanol–water partition coefficient (Wildman–Crippen LogP) is -0.620. The van der Waals surface area contributed by atoms with Crippen molar-refractivity contribution >= 4 is 15.9 Å². The van der Waals surface area contributed by atoms with Crippen molar-refractivity contribution in [2.75, 3.05) is 6.61 Å². The van der Waals surface area contributed by atoms with Gasteiger partial charge in [-0.25, -0.2) is 0 Å². The van der Waals surface area contributed by atoms with Crippen molar-refractivity contribution in [3.8, 4) is 0 Å². The van der Waals surface area contributed by atoms with E-state index in [1.807, 2.05) is 0 Å². The maximum absolute atomic E-state index is 10.9. The number of rotatable bonds is 4. The topological polar surface area (TPSA) is 91.7 Å². The number of carbonyl (C=O) groups is 1. The van der Waals surface area contributed by atoms with Gasteiger partial charge in [0.2, 0.25) is 0 Å². The first-order chi connectivity index (χ1) is 5.30. The second-order valence-corrected chi connectivity index (χ2v) is 3.93. The molecule has 2 N–H and O–H groups in total. The molecular weight excluding hydrogens is 184 g/mol. The fourth-order valence-electron chi connectivity index (χ4n) is 0.587. The van der Waals surface area contributed by atoms with E-state index in [-0.39, 0.29) is 5.57 Å². The van der Waals surface area contributed by atoms with Crippen molar-refractivity contribution in [3.63, 3.8) is 0 Å². The summed E-state index contributed by atoms with van der Waals surface area (Å²) in [4.78, 5) is 10.9. The number of aliphatic hydroxyl groups is 1. The fraction of sp³-hybridized carbons (Fsp3) is 0.500. The van der Waals surface area contributed by atoms with E-state index in [2.05, 4.69) is 6.58 Å². The summed E-state index contributed by atoms with van der Waals surface area (Å²) in [5.41, 5.74) is -0.0216. The molecule has 0 heterocycles. The lowest BCUT2D eigenvalue weighted by Crippen LogP contribution is -2.33. The van der Waals surface area contributed by atoms with Gasteiger partial charge in [0.15, 0.2) is 11.0 Å². The van der Waals surface area contributed by atoms with Crippen molar-refractivity contribution in [2.45, 2.75) is 12.2 Å². The zero-order chi connectivity index (χ0) is 9.94. The van der Waals surface area contributed by atoms with E-state index in [0.717, 1.165) is 0 Å². The summed E-state index contributed by atoms with van der Waals surface area (Å²) in [6, 6.07) is 0. The third kappa shape index (κ3) is 2.72. The third-order valence-corrected chi connectivity index (χ3v) is 2.32. The minimum atomic E-state index is -4.52. The quantitative estimate of drug-likeness (QED) is 0.459. The first-order valence-electron chi connectivity index (χ1n) is 3.07. The third-order valence-electron chi connectivity index (χ3n) is 1.24. The van der Waals surface area contributed by atoms with Crippen LogP contribution in [0.2, 0.25) is 0 Å². The second-order valence-electron chi connectivity index (χ2n) is 2.33. The van der Waals surface area contributed by atoms with Crippen LogP contribution < -0.4 is 0 Å². The van der Waals surface area contributed by atoms with Gasteiger partial charge in [-0.1, -0.05) is 6.58 Å². The molecule has 0 radical (unpaired) electrons. The van der Waals surface area contributed by atoms with Crippen LogP contribution in [0.15, 0.2) is 12.2 Å². The van der Waals surface area contributed by atoms with Gasteiger partial charge in [-0.15, -0.1) is 0 Å². The largest absolute Gasteiger partial charge is 0.394 e. The number of allylic oxidation sites excluding steroid dienone is 1. The summed E-state index contributed by atoms with van der Waals surface area (Å²) in [6.07, 6.45) is 0. The van der Waals surface area contributed by atoms with Gasteiger partial charge >= 0.3 is 0 Å². The highest BCUT2D eigenvalue weighted by Gasteiger charge is 2.30. The number of aliphatic hydroxyl groups excluding tert-OH is 1. The van der Waals surface area contributed by atoms with Gasteiger partial charge in [-0.3, -0.25) is 9.35 Å². The second kappa shape index (κ2) is 3.79. The maximum Gasteiger partial charge on any atom is 0.277 e. The standard InChI is InChI=1S/C6H10O5S/c1-4(2)6(8)5(3-7)12(9,10)11/h5,7H,1,3H2,2H3,(H,9,10,11). The van der Waals surface area contributed by atoms with Gasteiger partial charge in [-0.05, 0) is 12.5 Å². The van der Waals surface area contributed by atoms with Crippen LogP contribution in [0.1, 0.15) is 6.92 Å². The van der Waals surface area contributed by atoms with Crippen molar-refractivity contribution in [3.05, 3.63) is 12.2 Å². The van der Waals surface area contributed by atoms with E-state index < -0.39 is 27.8 Å². The van der Waals surface area contributed by atoms with Gasteiger partial charge < -0.3 is 5.11 Å². The lowest BCUT2D eigenvalue weighted by Gasteiger charge is -2.08. The van der Waals surface area contributed by atoms with Crippen molar-refractivity contribution in [2.24, 2.45) is 0 Å². The molecule has 6 heteroatoms. The Hall–Kier alpha value is -0.720. The predicted molar refractivity (Wildman–Crippen MR) is 42.2 cm³/mol. The molecular formula is C6H10O5S. The molecule has 1 atom stereocenters. The molecule has 0 saturated carbocycles. The Morgan fingerprint density at radius 2 is 2.00 bits per heavy atom. The van der Waals surface area contributed by atoms with E-state index >= 15 is 0 Å². The molecule has 1 unspecified atom stereocenters. The van der Waals surface area contributed by atoms with Crippen molar-refractivity contribution < 1.29 is 22.9 Å². The maximum atomic E-state index is 10.9. The minimum Gasteiger partial charge on any atom is -0.394 e. The van der Waals surface area contributed by atoms with Gasteiger partial charge in [-0.2, -0.15) is 8.42 Å². The van der Waals surface area contributed by atoms with Crippen LogP contribution in [-0.2, 0) is 14.9 Å². The van der Waals surface area contributed by atoms with E-state index in [9.17, 15) is 13.2 Å². The van der Waals surface area contributed by atoms with Gasteiger partial charge in [0.05, 0.1) is 6.61 Å². The molecule has 0 aromatic rings. The number of hydrogen-bond acceptors (Lipinski definition) is 4. The Balaban J connectivity index is 4.83. The molecule has 0 bridgehead atoms. The summed E-state index contributed by atoms with van der Waals surface area (Å²) in [7, 11) is -4.52. The summed E-state index contributed by atoms with van der Waals surface area (Å²) < 4.78 is 29.3. The molecule has 0 aliphatic rings. The van der Waals surface area contributed by atoms with Crippen LogP contribution >= 0.6 is 0 Å². The van der Waals surface area contributed by atoms with E-state index in [0.29, 0.717) is 0 Å². The molecule has 12 heavy (non-hydrogen) atoms. The Morgan fingerprint density at radius 3 is 2.08 bits per heavy atom. The number of carbonyl (C=O) groups excluding carboxylic acids is 1. The van der Waals surface area contributed by atoms with Crippen molar-refractivity contribution in [1.29, 1.82) is 0 Å². The summed E-state index contributed by atoms with van der Waals surface area (Å²) in [6.45, 7) is 3.56. The minimum absolute atomic E-state index is 0.0216. The smallest absolute Gasteiger partial charge is 0.277 e. The Kier molecular flexibility index (Phi) is 3.56. The lowest BCUT2D eigenvalue weighted by atomic mass is 10.2. The molecule has 0 saturated heterocycles. The van der Waals surface area contributed by atoms with Crippen LogP contribution in [0.3, 0.4) is 0 Å². The lowest BCUT2D eigenvalue weighted by molar-refractivity contribution is -0.115. The van der Waals surface area contributed by atoms with Gasteiger partial charge in [0.1, 0.15) is 0 Å². The number of hydrogen-bond donors (Lipinski definition) is 2. The first kappa shape index (κ1) is 11.3. The monoisotopic (exact) mass is 194 g/mol. The van der Waals surface area contributed by atoms with Crippen LogP contribution in [0.25, 0.3) is 0 Å². The van der Waals surface area contributed by atoms with Crippen molar-refractivity contribution in [1.82, 2.24) is 0 Å². The van der Waals surface area contributed by atoms with Crippen LogP contribution in [0.5, 0.6) is 0 Å². The molecule has 0 aliphatic heterocycles. The zero-order valence-electron chi connectivity index (χ0n) is 6.52. The van der Waals surface area contributed by atoms with Crippen LogP contribution in [-0.4, -0.2) is 35.7 Å². The highest BCUT2D eigenvalue weighted by molar-refractivity contribution is 7.87. The van der Waals surface area contributed by atoms with Gasteiger partial charge in [0, 0.05) is 0 Å². The summed E-state index contributed by atoms with van der Waals surface area (Å²) in [5.74, 6) is -0.875. The Morgan fingerprint density at radius 1 is 1.58 bits per heavy atom. The molecule has 0 spiro atoms. The molecule has 0 rings (SSSR count). The first-order valence-corrected chi connectivity index (χ1v) is 4.58. The van der Waals surface area contributed by atoms with Crippen LogP contribution in [0.4, 0.5) is 0 Å². The van der Waals surface area contributed by atoms with E-state index in [1.165, 1.54) is 6.92 Å². The molecule has 0 aromatic carbocycles. The SMILES string of the molecule is C=C(C)C(=O)C(CO)S(=O)(=O)O. The summed E-state index contributed by atoms with van der Waals surface area (Å²) >= 11 is 0. The molecule has 70 valence electrons. The Bertz CT molecular complexity index is 289.